The van der Waals surface area contributed by atoms with E-state index < -0.39 is 23.6 Å². The lowest BCUT2D eigenvalue weighted by atomic mass is 9.98. The van der Waals surface area contributed by atoms with Crippen LogP contribution in [0.5, 0.6) is 0 Å². The van der Waals surface area contributed by atoms with Gasteiger partial charge < -0.3 is 15.2 Å². The molecule has 1 rings (SSSR count). The molecule has 1 aliphatic heterocycles. The van der Waals surface area contributed by atoms with Crippen molar-refractivity contribution in [2.75, 3.05) is 11.5 Å². The zero-order valence-electron chi connectivity index (χ0n) is 10.4. The van der Waals surface area contributed by atoms with Gasteiger partial charge in [-0.3, -0.25) is 4.79 Å². The lowest BCUT2D eigenvalue weighted by Gasteiger charge is -2.30. The van der Waals surface area contributed by atoms with Crippen molar-refractivity contribution in [2.45, 2.75) is 38.8 Å². The number of amides is 1. The highest BCUT2D eigenvalue weighted by molar-refractivity contribution is 7.99. The third kappa shape index (κ3) is 4.85. The molecule has 2 atom stereocenters. The molecule has 0 radical (unpaired) electrons. The van der Waals surface area contributed by atoms with E-state index in [1.54, 1.807) is 32.5 Å². The second-order valence-electron chi connectivity index (χ2n) is 5.06. The lowest BCUT2D eigenvalue weighted by Crippen LogP contribution is -2.48. The van der Waals surface area contributed by atoms with E-state index in [0.717, 1.165) is 5.75 Å². The van der Waals surface area contributed by atoms with Crippen LogP contribution in [0.3, 0.4) is 0 Å². The van der Waals surface area contributed by atoms with Crippen LogP contribution in [0.4, 0.5) is 4.79 Å². The van der Waals surface area contributed by atoms with Gasteiger partial charge in [0.25, 0.3) is 0 Å². The highest BCUT2D eigenvalue weighted by atomic mass is 32.2. The number of aliphatic carboxylic acids is 1. The van der Waals surface area contributed by atoms with Gasteiger partial charge in [-0.1, -0.05) is 0 Å². The molecule has 17 heavy (non-hydrogen) atoms. The smallest absolute Gasteiger partial charge is 0.407 e. The Kier molecular flexibility index (Phi) is 4.68. The number of rotatable bonds is 2. The zero-order valence-corrected chi connectivity index (χ0v) is 11.2. The molecule has 0 aromatic rings. The number of carbonyl (C=O) groups excluding carboxylic acids is 1. The molecule has 0 spiro atoms. The third-order valence-electron chi connectivity index (χ3n) is 2.38. The van der Waals surface area contributed by atoms with E-state index in [1.165, 1.54) is 0 Å². The van der Waals surface area contributed by atoms with Gasteiger partial charge in [-0.25, -0.2) is 4.79 Å². The Morgan fingerprint density at radius 1 is 1.41 bits per heavy atom. The van der Waals surface area contributed by atoms with Crippen LogP contribution in [-0.2, 0) is 9.53 Å². The summed E-state index contributed by atoms with van der Waals surface area (Å²) in [6.07, 6.45) is 0.0387. The summed E-state index contributed by atoms with van der Waals surface area (Å²) >= 11 is 1.65. The molecule has 98 valence electrons. The van der Waals surface area contributed by atoms with Gasteiger partial charge in [0, 0.05) is 5.75 Å². The molecule has 1 fully saturated rings. The summed E-state index contributed by atoms with van der Waals surface area (Å²) in [5, 5.41) is 11.7. The molecule has 0 aromatic carbocycles. The fourth-order valence-corrected chi connectivity index (χ4v) is 2.79. The molecule has 1 aliphatic rings. The lowest BCUT2D eigenvalue weighted by molar-refractivity contribution is -0.142. The number of hydrogen-bond acceptors (Lipinski definition) is 4. The number of carbonyl (C=O) groups is 2. The van der Waals surface area contributed by atoms with Crippen LogP contribution < -0.4 is 5.32 Å². The van der Waals surface area contributed by atoms with E-state index in [0.29, 0.717) is 12.2 Å². The summed E-state index contributed by atoms with van der Waals surface area (Å²) in [5.74, 6) is 0.0785. The molecule has 0 aliphatic carbocycles. The number of thioether (sulfide) groups is 1. The minimum absolute atomic E-state index is 0.346. The Balaban J connectivity index is 2.53. The fraction of sp³-hybridized carbons (Fsp3) is 0.818. The van der Waals surface area contributed by atoms with Crippen LogP contribution in [0.1, 0.15) is 27.2 Å². The van der Waals surface area contributed by atoms with E-state index in [1.807, 2.05) is 0 Å². The van der Waals surface area contributed by atoms with Gasteiger partial charge in [0.05, 0.1) is 12.0 Å². The normalized spacial score (nSPS) is 25.1. The average molecular weight is 261 g/mol. The zero-order chi connectivity index (χ0) is 13.1. The number of ether oxygens (including phenoxy) is 1. The molecule has 5 nitrogen and oxygen atoms in total. The van der Waals surface area contributed by atoms with E-state index in [2.05, 4.69) is 5.32 Å². The molecule has 0 bridgehead atoms. The first kappa shape index (κ1) is 14.2. The van der Waals surface area contributed by atoms with Crippen LogP contribution in [0.15, 0.2) is 0 Å². The van der Waals surface area contributed by atoms with Crippen LogP contribution in [-0.4, -0.2) is 40.3 Å². The van der Waals surface area contributed by atoms with E-state index in [-0.39, 0.29) is 6.04 Å². The summed E-state index contributed by atoms with van der Waals surface area (Å²) in [6, 6.07) is -0.346. The van der Waals surface area contributed by atoms with Gasteiger partial charge in [-0.15, -0.1) is 0 Å². The van der Waals surface area contributed by atoms with Gasteiger partial charge >= 0.3 is 12.1 Å². The summed E-state index contributed by atoms with van der Waals surface area (Å²) in [7, 11) is 0. The fourth-order valence-electron chi connectivity index (χ4n) is 1.63. The highest BCUT2D eigenvalue weighted by Gasteiger charge is 2.33. The first-order valence-electron chi connectivity index (χ1n) is 5.59. The maximum Gasteiger partial charge on any atom is 0.407 e. The predicted octanol–water partition coefficient (Wildman–Crippen LogP) is 1.72. The summed E-state index contributed by atoms with van der Waals surface area (Å²) in [5.41, 5.74) is -0.565. The molecule has 2 N–H and O–H groups in total. The number of hydrogen-bond donors (Lipinski definition) is 2. The number of carboxylic acids is 1. The molecule has 6 heteroatoms. The Morgan fingerprint density at radius 3 is 2.59 bits per heavy atom. The van der Waals surface area contributed by atoms with Gasteiger partial charge in [0.1, 0.15) is 5.60 Å². The monoisotopic (exact) mass is 261 g/mol. The van der Waals surface area contributed by atoms with Crippen molar-refractivity contribution < 1.29 is 19.4 Å². The van der Waals surface area contributed by atoms with Crippen molar-refractivity contribution in [3.05, 3.63) is 0 Å². The van der Waals surface area contributed by atoms with Gasteiger partial charge in [0.2, 0.25) is 0 Å². The number of carboxylic acid groups (broad SMARTS) is 1. The minimum Gasteiger partial charge on any atom is -0.481 e. The first-order chi connectivity index (χ1) is 7.79. The Hall–Kier alpha value is -0.910. The van der Waals surface area contributed by atoms with Crippen LogP contribution in [0.2, 0.25) is 0 Å². The van der Waals surface area contributed by atoms with Crippen molar-refractivity contribution in [3.8, 4) is 0 Å². The van der Waals surface area contributed by atoms with Crippen molar-refractivity contribution in [2.24, 2.45) is 5.92 Å². The molecule has 2 unspecified atom stereocenters. The number of alkyl carbamates (subject to hydrolysis) is 1. The van der Waals surface area contributed by atoms with Crippen LogP contribution in [0.25, 0.3) is 0 Å². The van der Waals surface area contributed by atoms with Crippen molar-refractivity contribution >= 4 is 23.8 Å². The van der Waals surface area contributed by atoms with Crippen molar-refractivity contribution in [1.82, 2.24) is 5.32 Å². The second-order valence-corrected chi connectivity index (χ2v) is 6.21. The van der Waals surface area contributed by atoms with Crippen LogP contribution in [0, 0.1) is 5.92 Å². The molecule has 0 saturated carbocycles. The van der Waals surface area contributed by atoms with Gasteiger partial charge in [-0.2, -0.15) is 11.8 Å². The number of nitrogens with one attached hydrogen (secondary N) is 1. The topological polar surface area (TPSA) is 75.6 Å². The maximum atomic E-state index is 11.6. The summed E-state index contributed by atoms with van der Waals surface area (Å²) in [6.45, 7) is 5.32. The van der Waals surface area contributed by atoms with Gasteiger partial charge in [-0.05, 0) is 32.9 Å². The Labute approximate surface area is 105 Å². The van der Waals surface area contributed by atoms with Crippen LogP contribution >= 0.6 is 11.8 Å². The standard InChI is InChI=1S/C11H19NO4S/c1-11(2,3)16-10(15)12-8-6-17-5-4-7(8)9(13)14/h7-8H,4-6H2,1-3H3,(H,12,15)(H,13,14). The SMILES string of the molecule is CC(C)(C)OC(=O)NC1CSCCC1C(=O)O. The molecular formula is C11H19NO4S. The Bertz CT molecular complexity index is 300. The van der Waals surface area contributed by atoms with Gasteiger partial charge in [0.15, 0.2) is 0 Å². The largest absolute Gasteiger partial charge is 0.481 e. The molecule has 1 heterocycles. The first-order valence-corrected chi connectivity index (χ1v) is 6.75. The third-order valence-corrected chi connectivity index (χ3v) is 3.49. The quantitative estimate of drug-likeness (QED) is 0.791. The maximum absolute atomic E-state index is 11.6. The van der Waals surface area contributed by atoms with Crippen molar-refractivity contribution in [1.29, 1.82) is 0 Å². The second kappa shape index (κ2) is 5.62. The van der Waals surface area contributed by atoms with E-state index >= 15 is 0 Å². The summed E-state index contributed by atoms with van der Waals surface area (Å²) in [4.78, 5) is 22.6. The molecular weight excluding hydrogens is 242 g/mol. The minimum atomic E-state index is -0.855. The molecule has 1 amide bonds. The summed E-state index contributed by atoms with van der Waals surface area (Å²) < 4.78 is 5.12. The average Bonchev–Trinajstić information content (AvgIpc) is 2.14. The molecule has 0 aromatic heterocycles. The van der Waals surface area contributed by atoms with Crippen molar-refractivity contribution in [3.63, 3.8) is 0 Å². The molecule has 1 saturated heterocycles. The predicted molar refractivity (Wildman–Crippen MR) is 66.2 cm³/mol. The van der Waals surface area contributed by atoms with E-state index in [9.17, 15) is 9.59 Å². The highest BCUT2D eigenvalue weighted by Crippen LogP contribution is 2.24. The Morgan fingerprint density at radius 2 is 2.06 bits per heavy atom. The van der Waals surface area contributed by atoms with E-state index in [4.69, 9.17) is 9.84 Å².